The summed E-state index contributed by atoms with van der Waals surface area (Å²) in [5.41, 5.74) is 4.30. The van der Waals surface area contributed by atoms with E-state index in [2.05, 4.69) is 25.4 Å². The SMILES string of the molecule is Cc1cc(C)n2nc(C(=O)NCc3ccc(-c4ccoc4)nc3)nc2n1. The third-order valence-corrected chi connectivity index (χ3v) is 3.92. The van der Waals surface area contributed by atoms with Crippen molar-refractivity contribution in [1.82, 2.24) is 29.9 Å². The zero-order chi connectivity index (χ0) is 18.1. The summed E-state index contributed by atoms with van der Waals surface area (Å²) in [4.78, 5) is 25.2. The third-order valence-electron chi connectivity index (χ3n) is 3.92. The number of nitrogens with zero attached hydrogens (tertiary/aromatic N) is 5. The molecule has 26 heavy (non-hydrogen) atoms. The van der Waals surface area contributed by atoms with E-state index >= 15 is 0 Å². The van der Waals surface area contributed by atoms with Crippen LogP contribution in [0.25, 0.3) is 17.0 Å². The highest BCUT2D eigenvalue weighted by atomic mass is 16.3. The smallest absolute Gasteiger partial charge is 0.291 e. The molecule has 4 heterocycles. The number of fused-ring (bicyclic) bond motifs is 1. The molecule has 4 aromatic rings. The molecular weight excluding hydrogens is 332 g/mol. The summed E-state index contributed by atoms with van der Waals surface area (Å²) in [5, 5.41) is 7.02. The van der Waals surface area contributed by atoms with Crippen molar-refractivity contribution in [3.63, 3.8) is 0 Å². The van der Waals surface area contributed by atoms with Gasteiger partial charge in [0.2, 0.25) is 5.82 Å². The molecule has 0 atom stereocenters. The van der Waals surface area contributed by atoms with Crippen molar-refractivity contribution in [3.05, 3.63) is 65.8 Å². The van der Waals surface area contributed by atoms with E-state index in [9.17, 15) is 4.79 Å². The van der Waals surface area contributed by atoms with Gasteiger partial charge in [-0.05, 0) is 37.6 Å². The van der Waals surface area contributed by atoms with E-state index in [1.165, 1.54) is 0 Å². The molecule has 130 valence electrons. The Morgan fingerprint density at radius 3 is 2.85 bits per heavy atom. The molecule has 8 nitrogen and oxygen atoms in total. The molecule has 8 heteroatoms. The maximum Gasteiger partial charge on any atom is 0.291 e. The highest BCUT2D eigenvalue weighted by Crippen LogP contribution is 2.17. The second-order valence-electron chi connectivity index (χ2n) is 5.93. The summed E-state index contributed by atoms with van der Waals surface area (Å²) in [6.45, 7) is 4.10. The number of nitrogens with one attached hydrogen (secondary N) is 1. The highest BCUT2D eigenvalue weighted by Gasteiger charge is 2.14. The quantitative estimate of drug-likeness (QED) is 0.608. The first-order valence-electron chi connectivity index (χ1n) is 8.07. The van der Waals surface area contributed by atoms with Crippen LogP contribution in [0.2, 0.25) is 0 Å². The van der Waals surface area contributed by atoms with Crippen molar-refractivity contribution in [2.75, 3.05) is 0 Å². The topological polar surface area (TPSA) is 98.2 Å². The lowest BCUT2D eigenvalue weighted by Crippen LogP contribution is -2.24. The molecule has 0 aliphatic rings. The molecule has 0 aliphatic carbocycles. The fraction of sp³-hybridized carbons (Fsp3) is 0.167. The Morgan fingerprint density at radius 2 is 2.12 bits per heavy atom. The fourth-order valence-electron chi connectivity index (χ4n) is 2.63. The van der Waals surface area contributed by atoms with E-state index in [0.29, 0.717) is 12.3 Å². The average molecular weight is 348 g/mol. The predicted octanol–water partition coefficient (Wildman–Crippen LogP) is 2.33. The van der Waals surface area contributed by atoms with Gasteiger partial charge in [-0.2, -0.15) is 4.98 Å². The normalized spacial score (nSPS) is 11.0. The molecule has 0 aliphatic heterocycles. The summed E-state index contributed by atoms with van der Waals surface area (Å²) >= 11 is 0. The van der Waals surface area contributed by atoms with Crippen LogP contribution in [-0.4, -0.2) is 30.5 Å². The summed E-state index contributed by atoms with van der Waals surface area (Å²) < 4.78 is 6.61. The van der Waals surface area contributed by atoms with Crippen molar-refractivity contribution in [3.8, 4) is 11.3 Å². The maximum atomic E-state index is 12.3. The molecule has 1 N–H and O–H groups in total. The molecule has 0 saturated heterocycles. The third kappa shape index (κ3) is 3.04. The summed E-state index contributed by atoms with van der Waals surface area (Å²) in [6.07, 6.45) is 4.95. The lowest BCUT2D eigenvalue weighted by atomic mass is 10.2. The second kappa shape index (κ2) is 6.40. The number of hydrogen-bond acceptors (Lipinski definition) is 6. The van der Waals surface area contributed by atoms with Crippen LogP contribution in [-0.2, 0) is 6.54 Å². The van der Waals surface area contributed by atoms with E-state index in [-0.39, 0.29) is 11.7 Å². The number of furan rings is 1. The van der Waals surface area contributed by atoms with E-state index < -0.39 is 0 Å². The molecule has 0 radical (unpaired) electrons. The largest absolute Gasteiger partial charge is 0.472 e. The van der Waals surface area contributed by atoms with Crippen LogP contribution in [0.5, 0.6) is 0 Å². The molecule has 0 aromatic carbocycles. The Labute approximate surface area is 148 Å². The maximum absolute atomic E-state index is 12.3. The number of carbonyl (C=O) groups is 1. The van der Waals surface area contributed by atoms with Crippen LogP contribution in [0.4, 0.5) is 0 Å². The van der Waals surface area contributed by atoms with Crippen molar-refractivity contribution < 1.29 is 9.21 Å². The molecule has 1 amide bonds. The minimum absolute atomic E-state index is 0.0918. The van der Waals surface area contributed by atoms with Gasteiger partial charge in [0.15, 0.2) is 0 Å². The highest BCUT2D eigenvalue weighted by molar-refractivity contribution is 5.90. The van der Waals surface area contributed by atoms with Crippen LogP contribution in [0.15, 0.2) is 47.4 Å². The van der Waals surface area contributed by atoms with Crippen LogP contribution in [0, 0.1) is 13.8 Å². The Balaban J connectivity index is 1.46. The first-order chi connectivity index (χ1) is 12.6. The molecule has 4 rings (SSSR count). The number of hydrogen-bond donors (Lipinski definition) is 1. The van der Waals surface area contributed by atoms with Gasteiger partial charge in [-0.15, -0.1) is 5.10 Å². The van der Waals surface area contributed by atoms with Crippen molar-refractivity contribution in [2.24, 2.45) is 0 Å². The van der Waals surface area contributed by atoms with Crippen molar-refractivity contribution in [2.45, 2.75) is 20.4 Å². The zero-order valence-electron chi connectivity index (χ0n) is 14.3. The molecule has 0 spiro atoms. The monoisotopic (exact) mass is 348 g/mol. The molecular formula is C18H16N6O2. The predicted molar refractivity (Wildman–Crippen MR) is 93.4 cm³/mol. The Bertz CT molecular complexity index is 1070. The van der Waals surface area contributed by atoms with Gasteiger partial charge in [-0.3, -0.25) is 9.78 Å². The minimum atomic E-state index is -0.355. The summed E-state index contributed by atoms with van der Waals surface area (Å²) in [6, 6.07) is 7.51. The van der Waals surface area contributed by atoms with Crippen LogP contribution < -0.4 is 5.32 Å². The number of aromatic nitrogens is 5. The number of amides is 1. The summed E-state index contributed by atoms with van der Waals surface area (Å²) in [5.74, 6) is 0.152. The number of pyridine rings is 1. The van der Waals surface area contributed by atoms with Crippen molar-refractivity contribution >= 4 is 11.7 Å². The molecule has 4 aromatic heterocycles. The average Bonchev–Trinajstić information content (AvgIpc) is 3.30. The van der Waals surface area contributed by atoms with Crippen LogP contribution >= 0.6 is 0 Å². The lowest BCUT2D eigenvalue weighted by Gasteiger charge is -2.03. The molecule has 0 fully saturated rings. The standard InChI is InChI=1S/C18H16N6O2/c1-11-7-12(2)24-18(21-11)22-16(23-24)17(25)20-9-13-3-4-15(19-8-13)14-5-6-26-10-14/h3-8,10H,9H2,1-2H3,(H,20,25). The first-order valence-corrected chi connectivity index (χ1v) is 8.07. The second-order valence-corrected chi connectivity index (χ2v) is 5.93. The lowest BCUT2D eigenvalue weighted by molar-refractivity contribution is 0.0940. The zero-order valence-corrected chi connectivity index (χ0v) is 14.3. The number of rotatable bonds is 4. The van der Waals surface area contributed by atoms with Crippen molar-refractivity contribution in [1.29, 1.82) is 0 Å². The fourth-order valence-corrected chi connectivity index (χ4v) is 2.63. The Morgan fingerprint density at radius 1 is 1.23 bits per heavy atom. The van der Waals surface area contributed by atoms with E-state index in [1.54, 1.807) is 23.2 Å². The minimum Gasteiger partial charge on any atom is -0.472 e. The van der Waals surface area contributed by atoms with Gasteiger partial charge in [-0.25, -0.2) is 9.50 Å². The molecule has 0 saturated carbocycles. The van der Waals surface area contributed by atoms with Gasteiger partial charge < -0.3 is 9.73 Å². The van der Waals surface area contributed by atoms with Gasteiger partial charge >= 0.3 is 0 Å². The van der Waals surface area contributed by atoms with Gasteiger partial charge in [0.1, 0.15) is 0 Å². The summed E-state index contributed by atoms with van der Waals surface area (Å²) in [7, 11) is 0. The van der Waals surface area contributed by atoms with E-state index in [0.717, 1.165) is 28.2 Å². The first kappa shape index (κ1) is 15.9. The number of aryl methyl sites for hydroxylation is 2. The van der Waals surface area contributed by atoms with Gasteiger partial charge in [0.05, 0.1) is 18.2 Å². The van der Waals surface area contributed by atoms with E-state index in [4.69, 9.17) is 4.42 Å². The molecule has 0 unspecified atom stereocenters. The van der Waals surface area contributed by atoms with Crippen LogP contribution in [0.1, 0.15) is 27.6 Å². The Kier molecular flexibility index (Phi) is 3.92. The Hall–Kier alpha value is -3.55. The molecule has 0 bridgehead atoms. The van der Waals surface area contributed by atoms with Crippen LogP contribution in [0.3, 0.4) is 0 Å². The van der Waals surface area contributed by atoms with Gasteiger partial charge in [-0.1, -0.05) is 6.07 Å². The van der Waals surface area contributed by atoms with Gasteiger partial charge in [0.25, 0.3) is 11.7 Å². The van der Waals surface area contributed by atoms with E-state index in [1.807, 2.05) is 38.1 Å². The number of carbonyl (C=O) groups excluding carboxylic acids is 1. The van der Waals surface area contributed by atoms with Gasteiger partial charge in [0, 0.05) is 29.7 Å².